The van der Waals surface area contributed by atoms with Gasteiger partial charge in [-0.15, -0.1) is 0 Å². The minimum atomic E-state index is 0.483. The second-order valence-electron chi connectivity index (χ2n) is 2.57. The van der Waals surface area contributed by atoms with E-state index in [0.29, 0.717) is 11.0 Å². The summed E-state index contributed by atoms with van der Waals surface area (Å²) >= 11 is 4.76. The van der Waals surface area contributed by atoms with Crippen molar-refractivity contribution in [1.29, 1.82) is 0 Å². The maximum absolute atomic E-state index is 5.51. The minimum absolute atomic E-state index is 0.483. The van der Waals surface area contributed by atoms with Crippen LogP contribution >= 0.6 is 27.3 Å². The van der Waals surface area contributed by atoms with Crippen LogP contribution in [0.3, 0.4) is 0 Å². The van der Waals surface area contributed by atoms with Gasteiger partial charge >= 0.3 is 0 Å². The standard InChI is InChI=1S/C9H7BrN2OS/c10-6-3-1-2-4-7(6)13-9-12-8(11)5-14-9/h1-5H,11H2. The lowest BCUT2D eigenvalue weighted by Crippen LogP contribution is -1.86. The van der Waals surface area contributed by atoms with Crippen molar-refractivity contribution < 1.29 is 4.74 Å². The van der Waals surface area contributed by atoms with E-state index in [9.17, 15) is 0 Å². The third kappa shape index (κ3) is 2.05. The maximum atomic E-state index is 5.51. The third-order valence-corrected chi connectivity index (χ3v) is 2.93. The molecule has 0 fully saturated rings. The molecule has 1 aromatic heterocycles. The number of nitrogens with two attached hydrogens (primary N) is 1. The first-order valence-corrected chi connectivity index (χ1v) is 5.56. The van der Waals surface area contributed by atoms with Gasteiger partial charge in [-0.2, -0.15) is 4.98 Å². The number of hydrogen-bond donors (Lipinski definition) is 1. The van der Waals surface area contributed by atoms with Crippen molar-refractivity contribution in [3.05, 3.63) is 34.1 Å². The molecule has 0 spiro atoms. The summed E-state index contributed by atoms with van der Waals surface area (Å²) in [5.74, 6) is 1.22. The van der Waals surface area contributed by atoms with Gasteiger partial charge in [-0.25, -0.2) is 0 Å². The predicted molar refractivity (Wildman–Crippen MR) is 60.7 cm³/mol. The van der Waals surface area contributed by atoms with Crippen molar-refractivity contribution in [3.63, 3.8) is 0 Å². The van der Waals surface area contributed by atoms with Crippen molar-refractivity contribution in [2.24, 2.45) is 0 Å². The molecule has 0 atom stereocenters. The average Bonchev–Trinajstić information content (AvgIpc) is 2.56. The summed E-state index contributed by atoms with van der Waals surface area (Å²) < 4.78 is 6.41. The first-order chi connectivity index (χ1) is 6.75. The van der Waals surface area contributed by atoms with Crippen LogP contribution < -0.4 is 10.5 Å². The summed E-state index contributed by atoms with van der Waals surface area (Å²) in [5, 5.41) is 2.29. The monoisotopic (exact) mass is 270 g/mol. The number of nitrogens with zero attached hydrogens (tertiary/aromatic N) is 1. The van der Waals surface area contributed by atoms with Crippen molar-refractivity contribution in [2.75, 3.05) is 5.73 Å². The topological polar surface area (TPSA) is 48.1 Å². The molecule has 0 unspecified atom stereocenters. The van der Waals surface area contributed by atoms with Gasteiger partial charge in [0.1, 0.15) is 11.6 Å². The summed E-state index contributed by atoms with van der Waals surface area (Å²) in [5.41, 5.74) is 5.48. The number of benzene rings is 1. The van der Waals surface area contributed by atoms with Crippen LogP contribution in [0.5, 0.6) is 10.9 Å². The Morgan fingerprint density at radius 3 is 2.79 bits per heavy atom. The Morgan fingerprint density at radius 1 is 1.36 bits per heavy atom. The molecular weight excluding hydrogens is 264 g/mol. The van der Waals surface area contributed by atoms with E-state index in [-0.39, 0.29) is 0 Å². The fourth-order valence-electron chi connectivity index (χ4n) is 0.937. The van der Waals surface area contributed by atoms with Gasteiger partial charge in [0.05, 0.1) is 4.47 Å². The highest BCUT2D eigenvalue weighted by molar-refractivity contribution is 9.10. The second kappa shape index (κ2) is 3.98. The molecule has 3 nitrogen and oxygen atoms in total. The normalized spacial score (nSPS) is 10.1. The Morgan fingerprint density at radius 2 is 2.14 bits per heavy atom. The summed E-state index contributed by atoms with van der Waals surface area (Å²) in [6.45, 7) is 0. The molecule has 2 rings (SSSR count). The molecule has 0 saturated heterocycles. The molecule has 0 aliphatic heterocycles. The van der Waals surface area contributed by atoms with Gasteiger partial charge in [0.2, 0.25) is 0 Å². The van der Waals surface area contributed by atoms with E-state index in [1.165, 1.54) is 11.3 Å². The maximum Gasteiger partial charge on any atom is 0.280 e. The molecule has 1 heterocycles. The van der Waals surface area contributed by atoms with Crippen molar-refractivity contribution in [1.82, 2.24) is 4.98 Å². The number of ether oxygens (including phenoxy) is 1. The summed E-state index contributed by atoms with van der Waals surface area (Å²) in [6.07, 6.45) is 0. The fourth-order valence-corrected chi connectivity index (χ4v) is 1.87. The second-order valence-corrected chi connectivity index (χ2v) is 4.25. The van der Waals surface area contributed by atoms with E-state index < -0.39 is 0 Å². The van der Waals surface area contributed by atoms with Crippen LogP contribution in [0.1, 0.15) is 0 Å². The summed E-state index contributed by atoms with van der Waals surface area (Å²) in [7, 11) is 0. The Kier molecular flexibility index (Phi) is 2.69. The van der Waals surface area contributed by atoms with Gasteiger partial charge in [-0.1, -0.05) is 23.5 Å². The molecule has 14 heavy (non-hydrogen) atoms. The predicted octanol–water partition coefficient (Wildman–Crippen LogP) is 3.28. The van der Waals surface area contributed by atoms with Crippen LogP contribution in [0.25, 0.3) is 0 Å². The number of rotatable bonds is 2. The smallest absolute Gasteiger partial charge is 0.280 e. The number of anilines is 1. The van der Waals surface area contributed by atoms with Crippen LogP contribution in [0, 0.1) is 0 Å². The Hall–Kier alpha value is -1.07. The average molecular weight is 271 g/mol. The SMILES string of the molecule is Nc1csc(Oc2ccccc2Br)n1. The van der Waals surface area contributed by atoms with Gasteiger partial charge in [0.15, 0.2) is 0 Å². The minimum Gasteiger partial charge on any atom is -0.430 e. The highest BCUT2D eigenvalue weighted by atomic mass is 79.9. The van der Waals surface area contributed by atoms with Gasteiger partial charge in [-0.3, -0.25) is 0 Å². The lowest BCUT2D eigenvalue weighted by molar-refractivity contribution is 0.476. The molecule has 0 amide bonds. The van der Waals surface area contributed by atoms with Crippen molar-refractivity contribution in [3.8, 4) is 10.9 Å². The molecule has 2 aromatic rings. The van der Waals surface area contributed by atoms with Crippen LogP contribution in [0.2, 0.25) is 0 Å². The van der Waals surface area contributed by atoms with Crippen LogP contribution in [0.4, 0.5) is 5.82 Å². The lowest BCUT2D eigenvalue weighted by Gasteiger charge is -2.02. The number of nitrogen functional groups attached to an aromatic ring is 1. The number of aromatic nitrogens is 1. The number of halogens is 1. The Bertz CT molecular complexity index is 444. The molecule has 0 aliphatic carbocycles. The van der Waals surface area contributed by atoms with Gasteiger partial charge in [0.25, 0.3) is 5.19 Å². The summed E-state index contributed by atoms with van der Waals surface area (Å²) in [4.78, 5) is 4.00. The first kappa shape index (κ1) is 9.48. The summed E-state index contributed by atoms with van der Waals surface area (Å²) in [6, 6.07) is 7.60. The van der Waals surface area contributed by atoms with E-state index in [0.717, 1.165) is 10.2 Å². The van der Waals surface area contributed by atoms with Crippen LogP contribution in [0.15, 0.2) is 34.1 Å². The molecule has 5 heteroatoms. The molecular formula is C9H7BrN2OS. The number of hydrogen-bond acceptors (Lipinski definition) is 4. The molecule has 2 N–H and O–H groups in total. The zero-order valence-corrected chi connectivity index (χ0v) is 9.51. The van der Waals surface area contributed by atoms with Gasteiger partial charge < -0.3 is 10.5 Å². The fraction of sp³-hybridized carbons (Fsp3) is 0. The van der Waals surface area contributed by atoms with Gasteiger partial charge in [-0.05, 0) is 28.1 Å². The Labute approximate surface area is 93.7 Å². The van der Waals surface area contributed by atoms with Crippen molar-refractivity contribution >= 4 is 33.1 Å². The molecule has 0 radical (unpaired) electrons. The largest absolute Gasteiger partial charge is 0.430 e. The number of thiazole rings is 1. The van der Waals surface area contributed by atoms with E-state index in [1.807, 2.05) is 24.3 Å². The molecule has 0 saturated carbocycles. The molecule has 0 bridgehead atoms. The van der Waals surface area contributed by atoms with Crippen molar-refractivity contribution in [2.45, 2.75) is 0 Å². The molecule has 1 aromatic carbocycles. The third-order valence-electron chi connectivity index (χ3n) is 1.53. The zero-order chi connectivity index (χ0) is 9.97. The first-order valence-electron chi connectivity index (χ1n) is 3.89. The van der Waals surface area contributed by atoms with Crippen LogP contribution in [-0.4, -0.2) is 4.98 Å². The zero-order valence-electron chi connectivity index (χ0n) is 7.11. The molecule has 72 valence electrons. The number of para-hydroxylation sites is 1. The Balaban J connectivity index is 2.23. The van der Waals surface area contributed by atoms with E-state index in [2.05, 4.69) is 20.9 Å². The van der Waals surface area contributed by atoms with E-state index in [1.54, 1.807) is 5.38 Å². The van der Waals surface area contributed by atoms with Gasteiger partial charge in [0, 0.05) is 5.38 Å². The highest BCUT2D eigenvalue weighted by Gasteiger charge is 2.04. The molecule has 0 aliphatic rings. The highest BCUT2D eigenvalue weighted by Crippen LogP contribution is 2.31. The quantitative estimate of drug-likeness (QED) is 0.911. The van der Waals surface area contributed by atoms with E-state index >= 15 is 0 Å². The van der Waals surface area contributed by atoms with E-state index in [4.69, 9.17) is 10.5 Å². The van der Waals surface area contributed by atoms with Crippen LogP contribution in [-0.2, 0) is 0 Å². The lowest BCUT2D eigenvalue weighted by atomic mass is 10.3.